The molecule has 2 saturated heterocycles. The van der Waals surface area contributed by atoms with Gasteiger partial charge < -0.3 is 25.2 Å². The first-order valence-corrected chi connectivity index (χ1v) is 6.08. The maximum absolute atomic E-state index is 11.9. The van der Waals surface area contributed by atoms with Crippen LogP contribution >= 0.6 is 0 Å². The summed E-state index contributed by atoms with van der Waals surface area (Å²) >= 11 is 0. The molecule has 2 aliphatic heterocycles. The summed E-state index contributed by atoms with van der Waals surface area (Å²) in [6.45, 7) is 1.57. The minimum absolute atomic E-state index is 0.0775. The van der Waals surface area contributed by atoms with Crippen molar-refractivity contribution in [2.45, 2.75) is 12.5 Å². The van der Waals surface area contributed by atoms with E-state index in [1.807, 2.05) is 0 Å². The van der Waals surface area contributed by atoms with Gasteiger partial charge in [-0.25, -0.2) is 4.79 Å². The van der Waals surface area contributed by atoms with Gasteiger partial charge in [-0.1, -0.05) is 0 Å². The molecular weight excluding hydrogens is 240 g/mol. The molecule has 3 atom stereocenters. The number of amides is 2. The summed E-state index contributed by atoms with van der Waals surface area (Å²) in [7, 11) is 0. The van der Waals surface area contributed by atoms with E-state index in [0.717, 1.165) is 6.42 Å². The van der Waals surface area contributed by atoms with E-state index >= 15 is 0 Å². The van der Waals surface area contributed by atoms with Gasteiger partial charge in [-0.05, 0) is 6.42 Å². The highest BCUT2D eigenvalue weighted by molar-refractivity contribution is 5.77. The third kappa shape index (κ3) is 2.73. The average Bonchev–Trinajstić information content (AvgIpc) is 2.96. The predicted molar refractivity (Wildman–Crippen MR) is 61.0 cm³/mol. The number of likely N-dealkylation sites (tertiary alicyclic amines) is 1. The number of nitrogens with zero attached hydrogens (tertiary/aromatic N) is 1. The molecule has 3 N–H and O–H groups in total. The van der Waals surface area contributed by atoms with Crippen LogP contribution < -0.4 is 5.32 Å². The Kier molecular flexibility index (Phi) is 4.03. The molecule has 0 bridgehead atoms. The standard InChI is InChI=1S/C11H18N2O5/c14-4-7-1-2-13(3-7)11(17)12-9-6-18-5-8(9)10(15)16/h7-9,14H,1-6H2,(H,12,17)(H,15,16). The normalized spacial score (nSPS) is 31.6. The molecule has 0 aromatic heterocycles. The maximum atomic E-state index is 11.9. The summed E-state index contributed by atoms with van der Waals surface area (Å²) in [5.41, 5.74) is 0. The summed E-state index contributed by atoms with van der Waals surface area (Å²) < 4.78 is 5.08. The molecule has 7 nitrogen and oxygen atoms in total. The van der Waals surface area contributed by atoms with Gasteiger partial charge in [0.1, 0.15) is 5.92 Å². The number of ether oxygens (including phenoxy) is 1. The van der Waals surface area contributed by atoms with E-state index in [9.17, 15) is 9.59 Å². The van der Waals surface area contributed by atoms with Crippen molar-refractivity contribution in [1.29, 1.82) is 0 Å². The Bertz CT molecular complexity index is 335. The molecule has 0 spiro atoms. The minimum Gasteiger partial charge on any atom is -0.481 e. The van der Waals surface area contributed by atoms with Crippen LogP contribution in [0.1, 0.15) is 6.42 Å². The Morgan fingerprint density at radius 3 is 2.78 bits per heavy atom. The van der Waals surface area contributed by atoms with E-state index in [4.69, 9.17) is 14.9 Å². The fourth-order valence-electron chi connectivity index (χ4n) is 2.36. The quantitative estimate of drug-likeness (QED) is 0.610. The van der Waals surface area contributed by atoms with Crippen LogP contribution in [0, 0.1) is 11.8 Å². The molecule has 102 valence electrons. The molecule has 7 heteroatoms. The molecule has 0 aliphatic carbocycles. The minimum atomic E-state index is -0.951. The van der Waals surface area contributed by atoms with Crippen molar-refractivity contribution >= 4 is 12.0 Å². The van der Waals surface area contributed by atoms with Gasteiger partial charge in [0.05, 0.1) is 19.3 Å². The number of carbonyl (C=O) groups excluding carboxylic acids is 1. The van der Waals surface area contributed by atoms with Crippen LogP contribution in [0.5, 0.6) is 0 Å². The lowest BCUT2D eigenvalue weighted by Gasteiger charge is -2.21. The van der Waals surface area contributed by atoms with E-state index in [0.29, 0.717) is 13.1 Å². The topological polar surface area (TPSA) is 99.1 Å². The van der Waals surface area contributed by atoms with E-state index in [2.05, 4.69) is 5.32 Å². The molecule has 2 amide bonds. The zero-order valence-corrected chi connectivity index (χ0v) is 10.0. The van der Waals surface area contributed by atoms with Gasteiger partial charge in [-0.15, -0.1) is 0 Å². The first-order chi connectivity index (χ1) is 8.61. The van der Waals surface area contributed by atoms with Gasteiger partial charge in [-0.3, -0.25) is 4.79 Å². The molecule has 18 heavy (non-hydrogen) atoms. The zero-order valence-electron chi connectivity index (χ0n) is 10.0. The summed E-state index contributed by atoms with van der Waals surface area (Å²) in [5.74, 6) is -1.50. The second-order valence-corrected chi connectivity index (χ2v) is 4.82. The Balaban J connectivity index is 1.86. The van der Waals surface area contributed by atoms with Gasteiger partial charge in [0.15, 0.2) is 0 Å². The van der Waals surface area contributed by atoms with Crippen molar-refractivity contribution in [2.24, 2.45) is 11.8 Å². The number of hydrogen-bond donors (Lipinski definition) is 3. The Morgan fingerprint density at radius 1 is 1.39 bits per heavy atom. The van der Waals surface area contributed by atoms with Gasteiger partial charge in [0, 0.05) is 25.6 Å². The third-order valence-corrected chi connectivity index (χ3v) is 3.54. The van der Waals surface area contributed by atoms with Crippen molar-refractivity contribution in [2.75, 3.05) is 32.9 Å². The predicted octanol–water partition coefficient (Wildman–Crippen LogP) is -0.890. The number of aliphatic hydroxyl groups excluding tert-OH is 1. The first-order valence-electron chi connectivity index (χ1n) is 6.08. The van der Waals surface area contributed by atoms with E-state index < -0.39 is 17.9 Å². The number of carbonyl (C=O) groups is 2. The molecule has 0 aromatic rings. The molecule has 3 unspecified atom stereocenters. The van der Waals surface area contributed by atoms with Crippen molar-refractivity contribution in [3.63, 3.8) is 0 Å². The Morgan fingerprint density at radius 2 is 2.17 bits per heavy atom. The lowest BCUT2D eigenvalue weighted by molar-refractivity contribution is -0.142. The number of aliphatic carboxylic acids is 1. The lowest BCUT2D eigenvalue weighted by atomic mass is 10.0. The van der Waals surface area contributed by atoms with Crippen molar-refractivity contribution in [3.05, 3.63) is 0 Å². The van der Waals surface area contributed by atoms with Crippen LogP contribution in [0.25, 0.3) is 0 Å². The molecule has 0 aromatic carbocycles. The number of rotatable bonds is 3. The average molecular weight is 258 g/mol. The summed E-state index contributed by atoms with van der Waals surface area (Å²) in [6, 6.07) is -0.740. The molecule has 2 fully saturated rings. The molecule has 0 radical (unpaired) electrons. The largest absolute Gasteiger partial charge is 0.481 e. The SMILES string of the molecule is O=C(O)C1COCC1NC(=O)N1CCC(CO)C1. The van der Waals surface area contributed by atoms with Gasteiger partial charge in [-0.2, -0.15) is 0 Å². The van der Waals surface area contributed by atoms with Gasteiger partial charge >= 0.3 is 12.0 Å². The summed E-state index contributed by atoms with van der Waals surface area (Å²) in [5, 5.41) is 20.7. The second kappa shape index (κ2) is 5.53. The fourth-order valence-corrected chi connectivity index (χ4v) is 2.36. The zero-order chi connectivity index (χ0) is 13.1. The summed E-state index contributed by atoms with van der Waals surface area (Å²) in [4.78, 5) is 24.5. The summed E-state index contributed by atoms with van der Waals surface area (Å²) in [6.07, 6.45) is 0.785. The van der Waals surface area contributed by atoms with Gasteiger partial charge in [0.2, 0.25) is 0 Å². The number of hydrogen-bond acceptors (Lipinski definition) is 4. The highest BCUT2D eigenvalue weighted by Gasteiger charge is 2.36. The number of carboxylic acid groups (broad SMARTS) is 1. The van der Waals surface area contributed by atoms with Crippen molar-refractivity contribution in [3.8, 4) is 0 Å². The molecule has 2 aliphatic rings. The highest BCUT2D eigenvalue weighted by Crippen LogP contribution is 2.18. The third-order valence-electron chi connectivity index (χ3n) is 3.54. The van der Waals surface area contributed by atoms with E-state index in [1.165, 1.54) is 0 Å². The number of carboxylic acids is 1. The number of nitrogens with one attached hydrogen (secondary N) is 1. The molecular formula is C11H18N2O5. The fraction of sp³-hybridized carbons (Fsp3) is 0.818. The Labute approximate surface area is 105 Å². The molecule has 2 heterocycles. The van der Waals surface area contributed by atoms with Crippen LogP contribution in [0.2, 0.25) is 0 Å². The van der Waals surface area contributed by atoms with Crippen LogP contribution in [0.15, 0.2) is 0 Å². The maximum Gasteiger partial charge on any atom is 0.317 e. The van der Waals surface area contributed by atoms with Crippen LogP contribution in [-0.2, 0) is 9.53 Å². The second-order valence-electron chi connectivity index (χ2n) is 4.82. The number of aliphatic hydroxyl groups is 1. The van der Waals surface area contributed by atoms with Crippen LogP contribution in [0.4, 0.5) is 4.79 Å². The lowest BCUT2D eigenvalue weighted by Crippen LogP contribution is -2.48. The molecule has 0 saturated carbocycles. The van der Waals surface area contributed by atoms with E-state index in [1.54, 1.807) is 4.90 Å². The monoisotopic (exact) mass is 258 g/mol. The Hall–Kier alpha value is -1.34. The van der Waals surface area contributed by atoms with Crippen LogP contribution in [0.3, 0.4) is 0 Å². The molecule has 2 rings (SSSR count). The van der Waals surface area contributed by atoms with Crippen LogP contribution in [-0.4, -0.2) is 66.1 Å². The smallest absolute Gasteiger partial charge is 0.317 e. The van der Waals surface area contributed by atoms with E-state index in [-0.39, 0.29) is 31.8 Å². The number of urea groups is 1. The highest BCUT2D eigenvalue weighted by atomic mass is 16.5. The van der Waals surface area contributed by atoms with Crippen molar-refractivity contribution < 1.29 is 24.5 Å². The van der Waals surface area contributed by atoms with Gasteiger partial charge in [0.25, 0.3) is 0 Å². The van der Waals surface area contributed by atoms with Crippen molar-refractivity contribution in [1.82, 2.24) is 10.2 Å². The first kappa shape index (κ1) is 13.1.